The zero-order chi connectivity index (χ0) is 20.8. The maximum atomic E-state index is 13.2. The van der Waals surface area contributed by atoms with Gasteiger partial charge in [0.05, 0.1) is 21.7 Å². The molecule has 1 aliphatic heterocycles. The van der Waals surface area contributed by atoms with Crippen LogP contribution in [0.4, 0.5) is 0 Å². The van der Waals surface area contributed by atoms with Crippen molar-refractivity contribution in [3.05, 3.63) is 46.4 Å². The molecule has 0 unspecified atom stereocenters. The Morgan fingerprint density at radius 2 is 1.90 bits per heavy atom. The topological polar surface area (TPSA) is 96.9 Å². The smallest absolute Gasteiger partial charge is 0.289 e. The molecule has 0 aromatic carbocycles. The normalized spacial score (nSPS) is 15.8. The summed E-state index contributed by atoms with van der Waals surface area (Å²) in [5.41, 5.74) is 1.69. The summed E-state index contributed by atoms with van der Waals surface area (Å²) in [6, 6.07) is 4.92. The molecular weight excluding hydrogens is 414 g/mol. The standard InChI is InChI=1S/C19H21N3O5S2/c1-12-13(2)20-27-18(12)16-11-17(14(3)28-16)29(24,25)22-8-6-21(7-9-22)19(23)15-5-4-10-26-15/h4-5,10-11H,6-9H2,1-3H3. The molecule has 29 heavy (non-hydrogen) atoms. The summed E-state index contributed by atoms with van der Waals surface area (Å²) in [6.45, 7) is 6.64. The minimum absolute atomic E-state index is 0.225. The molecule has 1 aliphatic rings. The first-order chi connectivity index (χ1) is 13.8. The Labute approximate surface area is 172 Å². The van der Waals surface area contributed by atoms with Gasteiger partial charge in [-0.15, -0.1) is 11.3 Å². The highest BCUT2D eigenvalue weighted by Gasteiger charge is 2.33. The summed E-state index contributed by atoms with van der Waals surface area (Å²) in [7, 11) is -3.67. The summed E-state index contributed by atoms with van der Waals surface area (Å²) >= 11 is 1.37. The average molecular weight is 436 g/mol. The number of nitrogens with zero attached hydrogens (tertiary/aromatic N) is 3. The van der Waals surface area contributed by atoms with Crippen molar-refractivity contribution in [3.8, 4) is 10.6 Å². The van der Waals surface area contributed by atoms with Crippen LogP contribution in [0.15, 0.2) is 38.3 Å². The fraction of sp³-hybridized carbons (Fsp3) is 0.368. The number of hydrogen-bond acceptors (Lipinski definition) is 7. The molecule has 1 saturated heterocycles. The van der Waals surface area contributed by atoms with E-state index in [-0.39, 0.29) is 29.7 Å². The van der Waals surface area contributed by atoms with Crippen LogP contribution in [0.1, 0.15) is 26.7 Å². The van der Waals surface area contributed by atoms with E-state index in [0.717, 1.165) is 16.1 Å². The number of piperazine rings is 1. The number of furan rings is 1. The van der Waals surface area contributed by atoms with E-state index in [1.165, 1.54) is 21.9 Å². The molecule has 1 fully saturated rings. The highest BCUT2D eigenvalue weighted by molar-refractivity contribution is 7.89. The van der Waals surface area contributed by atoms with Crippen LogP contribution in [0.2, 0.25) is 0 Å². The molecule has 4 heterocycles. The van der Waals surface area contributed by atoms with Gasteiger partial charge in [-0.3, -0.25) is 4.79 Å². The van der Waals surface area contributed by atoms with E-state index in [4.69, 9.17) is 8.94 Å². The van der Waals surface area contributed by atoms with Crippen LogP contribution in [0, 0.1) is 20.8 Å². The number of sulfonamides is 1. The van der Waals surface area contributed by atoms with Crippen molar-refractivity contribution in [1.82, 2.24) is 14.4 Å². The van der Waals surface area contributed by atoms with Gasteiger partial charge in [0.2, 0.25) is 10.0 Å². The lowest BCUT2D eigenvalue weighted by Crippen LogP contribution is -2.50. The Balaban J connectivity index is 1.52. The SMILES string of the molecule is Cc1noc(-c2cc(S(=O)(=O)N3CCN(C(=O)c4ccco4)CC3)c(C)s2)c1C. The number of aromatic nitrogens is 1. The third-order valence-corrected chi connectivity index (χ3v) is 8.33. The molecule has 3 aromatic rings. The van der Waals surface area contributed by atoms with Crippen LogP contribution < -0.4 is 0 Å². The third kappa shape index (κ3) is 3.52. The minimum atomic E-state index is -3.67. The molecule has 0 bridgehead atoms. The summed E-state index contributed by atoms with van der Waals surface area (Å²) in [4.78, 5) is 15.7. The van der Waals surface area contributed by atoms with Crippen LogP contribution in [0.25, 0.3) is 10.6 Å². The van der Waals surface area contributed by atoms with E-state index in [2.05, 4.69) is 5.16 Å². The van der Waals surface area contributed by atoms with Crippen molar-refractivity contribution in [3.63, 3.8) is 0 Å². The maximum absolute atomic E-state index is 13.2. The van der Waals surface area contributed by atoms with Crippen LogP contribution in [-0.2, 0) is 10.0 Å². The third-order valence-electron chi connectivity index (χ3n) is 5.13. The number of rotatable bonds is 4. The monoisotopic (exact) mass is 435 g/mol. The molecule has 0 saturated carbocycles. The lowest BCUT2D eigenvalue weighted by molar-refractivity contribution is 0.0666. The number of aryl methyl sites for hydroxylation is 2. The number of carbonyl (C=O) groups is 1. The molecule has 0 radical (unpaired) electrons. The summed E-state index contributed by atoms with van der Waals surface area (Å²) in [5, 5.41) is 3.96. The van der Waals surface area contributed by atoms with Gasteiger partial charge >= 0.3 is 0 Å². The Kier molecular flexibility index (Phi) is 5.09. The van der Waals surface area contributed by atoms with Crippen molar-refractivity contribution in [2.24, 2.45) is 0 Å². The first-order valence-electron chi connectivity index (χ1n) is 9.15. The minimum Gasteiger partial charge on any atom is -0.459 e. The van der Waals surface area contributed by atoms with Crippen LogP contribution in [0.5, 0.6) is 0 Å². The van der Waals surface area contributed by atoms with E-state index < -0.39 is 10.0 Å². The molecule has 0 atom stereocenters. The van der Waals surface area contributed by atoms with Gasteiger partial charge in [-0.1, -0.05) is 5.16 Å². The van der Waals surface area contributed by atoms with Crippen molar-refractivity contribution >= 4 is 27.3 Å². The number of thiophene rings is 1. The quantitative estimate of drug-likeness (QED) is 0.625. The van der Waals surface area contributed by atoms with Crippen molar-refractivity contribution < 1.29 is 22.2 Å². The first-order valence-corrected chi connectivity index (χ1v) is 11.4. The van der Waals surface area contributed by atoms with Gasteiger partial charge in [0.25, 0.3) is 5.91 Å². The molecule has 0 aliphatic carbocycles. The molecular formula is C19H21N3O5S2. The average Bonchev–Trinajstić information content (AvgIpc) is 3.43. The van der Waals surface area contributed by atoms with Gasteiger partial charge in [-0.25, -0.2) is 8.42 Å². The highest BCUT2D eigenvalue weighted by Crippen LogP contribution is 2.37. The van der Waals surface area contributed by atoms with Gasteiger partial charge in [0.1, 0.15) is 0 Å². The Morgan fingerprint density at radius 1 is 1.17 bits per heavy atom. The molecule has 0 spiro atoms. The lowest BCUT2D eigenvalue weighted by atomic mass is 10.2. The van der Waals surface area contributed by atoms with Gasteiger partial charge in [-0.05, 0) is 39.0 Å². The fourth-order valence-electron chi connectivity index (χ4n) is 3.31. The summed E-state index contributed by atoms with van der Waals surface area (Å²) in [6.07, 6.45) is 1.45. The second-order valence-electron chi connectivity index (χ2n) is 6.93. The van der Waals surface area contributed by atoms with Gasteiger partial charge < -0.3 is 13.8 Å². The fourth-order valence-corrected chi connectivity index (χ4v) is 6.32. The Morgan fingerprint density at radius 3 is 2.48 bits per heavy atom. The summed E-state index contributed by atoms with van der Waals surface area (Å²) in [5.74, 6) is 0.639. The van der Waals surface area contributed by atoms with E-state index >= 15 is 0 Å². The largest absolute Gasteiger partial charge is 0.459 e. The van der Waals surface area contributed by atoms with Crippen molar-refractivity contribution in [2.45, 2.75) is 25.7 Å². The van der Waals surface area contributed by atoms with E-state index in [9.17, 15) is 13.2 Å². The second-order valence-corrected chi connectivity index (χ2v) is 10.1. The Bertz CT molecular complexity index is 1140. The zero-order valence-corrected chi connectivity index (χ0v) is 18.0. The maximum Gasteiger partial charge on any atom is 0.289 e. The predicted octanol–water partition coefficient (Wildman–Crippen LogP) is 3.07. The molecule has 4 rings (SSSR count). The molecule has 0 N–H and O–H groups in total. The molecule has 10 heteroatoms. The first kappa shape index (κ1) is 19.9. The van der Waals surface area contributed by atoms with Gasteiger partial charge in [0, 0.05) is 36.6 Å². The van der Waals surface area contributed by atoms with E-state index in [1.807, 2.05) is 13.8 Å². The zero-order valence-electron chi connectivity index (χ0n) is 16.3. The molecule has 3 aromatic heterocycles. The van der Waals surface area contributed by atoms with E-state index in [1.54, 1.807) is 30.0 Å². The van der Waals surface area contributed by atoms with Gasteiger partial charge in [0.15, 0.2) is 11.5 Å². The van der Waals surface area contributed by atoms with Crippen LogP contribution >= 0.6 is 11.3 Å². The van der Waals surface area contributed by atoms with Gasteiger partial charge in [-0.2, -0.15) is 4.31 Å². The summed E-state index contributed by atoms with van der Waals surface area (Å²) < 4.78 is 38.4. The van der Waals surface area contributed by atoms with Crippen molar-refractivity contribution in [1.29, 1.82) is 0 Å². The molecule has 8 nitrogen and oxygen atoms in total. The number of amides is 1. The van der Waals surface area contributed by atoms with Crippen molar-refractivity contribution in [2.75, 3.05) is 26.2 Å². The van der Waals surface area contributed by atoms with Crippen LogP contribution in [0.3, 0.4) is 0 Å². The lowest BCUT2D eigenvalue weighted by Gasteiger charge is -2.33. The van der Waals surface area contributed by atoms with Crippen LogP contribution in [-0.4, -0.2) is 54.9 Å². The second kappa shape index (κ2) is 7.43. The molecule has 154 valence electrons. The Hall–Kier alpha value is -2.43. The number of carbonyl (C=O) groups excluding carboxylic acids is 1. The highest BCUT2D eigenvalue weighted by atomic mass is 32.2. The molecule has 1 amide bonds. The number of hydrogen-bond donors (Lipinski definition) is 0. The van der Waals surface area contributed by atoms with E-state index in [0.29, 0.717) is 23.7 Å². The predicted molar refractivity (Wildman–Crippen MR) is 107 cm³/mol.